The Morgan fingerprint density at radius 2 is 1.96 bits per heavy atom. The molecule has 0 unspecified atom stereocenters. The Balaban J connectivity index is 1.75. The normalized spacial score (nSPS) is 19.7. The van der Waals surface area contributed by atoms with Crippen molar-refractivity contribution in [1.29, 1.82) is 0 Å². The number of rotatable bonds is 4. The van der Waals surface area contributed by atoms with E-state index in [1.807, 2.05) is 13.1 Å². The molecule has 23 heavy (non-hydrogen) atoms. The van der Waals surface area contributed by atoms with Crippen LogP contribution in [0.2, 0.25) is 0 Å². The minimum atomic E-state index is -0.469. The van der Waals surface area contributed by atoms with Gasteiger partial charge in [-0.1, -0.05) is 11.2 Å². The van der Waals surface area contributed by atoms with Crippen LogP contribution in [0, 0.1) is 0 Å². The van der Waals surface area contributed by atoms with E-state index in [4.69, 9.17) is 4.74 Å². The molecule has 0 aromatic heterocycles. The van der Waals surface area contributed by atoms with Gasteiger partial charge in [-0.15, -0.1) is 0 Å². The lowest BCUT2D eigenvalue weighted by molar-refractivity contribution is -0.136. The Bertz CT molecular complexity index is 484. The van der Waals surface area contributed by atoms with Gasteiger partial charge in [0, 0.05) is 32.7 Å². The predicted molar refractivity (Wildman–Crippen MR) is 85.2 cm³/mol. The quantitative estimate of drug-likeness (QED) is 0.544. The molecule has 8 nitrogen and oxygen atoms in total. The van der Waals surface area contributed by atoms with Crippen molar-refractivity contribution in [2.24, 2.45) is 5.16 Å². The number of hydrogen-bond acceptors (Lipinski definition) is 6. The number of carbonyl (C=O) groups is 2. The van der Waals surface area contributed by atoms with Gasteiger partial charge in [0.25, 0.3) is 5.91 Å². The van der Waals surface area contributed by atoms with E-state index in [2.05, 4.69) is 14.9 Å². The van der Waals surface area contributed by atoms with Gasteiger partial charge in [-0.3, -0.25) is 4.79 Å². The second-order valence-corrected chi connectivity index (χ2v) is 5.64. The van der Waals surface area contributed by atoms with Crippen molar-refractivity contribution < 1.29 is 19.2 Å². The second-order valence-electron chi connectivity index (χ2n) is 5.64. The number of nitrogens with zero attached hydrogens (tertiary/aromatic N) is 4. The highest BCUT2D eigenvalue weighted by Gasteiger charge is 2.23. The summed E-state index contributed by atoms with van der Waals surface area (Å²) in [6, 6.07) is 0. The molecule has 2 amide bonds. The fourth-order valence-electron chi connectivity index (χ4n) is 2.50. The average molecular weight is 324 g/mol. The van der Waals surface area contributed by atoms with Crippen molar-refractivity contribution in [3.8, 4) is 0 Å². The molecule has 0 N–H and O–H groups in total. The van der Waals surface area contributed by atoms with E-state index in [0.29, 0.717) is 26.2 Å². The van der Waals surface area contributed by atoms with Crippen molar-refractivity contribution in [2.45, 2.75) is 6.42 Å². The Morgan fingerprint density at radius 3 is 2.65 bits per heavy atom. The lowest BCUT2D eigenvalue weighted by atomic mass is 10.1. The van der Waals surface area contributed by atoms with Gasteiger partial charge < -0.3 is 24.3 Å². The van der Waals surface area contributed by atoms with Gasteiger partial charge in [0.05, 0.1) is 12.8 Å². The maximum atomic E-state index is 12.1. The van der Waals surface area contributed by atoms with E-state index < -0.39 is 6.09 Å². The summed E-state index contributed by atoms with van der Waals surface area (Å²) in [7, 11) is 3.49. The van der Waals surface area contributed by atoms with Crippen molar-refractivity contribution in [3.05, 3.63) is 11.6 Å². The SMILES string of the molecule is CON=CC1=CCCN(C(=O)OCC(=O)N2CCN(C)CC2)C1. The molecule has 0 aromatic carbocycles. The highest BCUT2D eigenvalue weighted by atomic mass is 16.6. The van der Waals surface area contributed by atoms with Crippen LogP contribution in [0.5, 0.6) is 0 Å². The third-order valence-corrected chi connectivity index (χ3v) is 3.94. The fourth-order valence-corrected chi connectivity index (χ4v) is 2.50. The number of likely N-dealkylation sites (N-methyl/N-ethyl adjacent to an activating group) is 1. The van der Waals surface area contributed by atoms with Gasteiger partial charge in [0.1, 0.15) is 7.11 Å². The largest absolute Gasteiger partial charge is 0.439 e. The standard InChI is InChI=1S/C15H24N4O4/c1-17-6-8-18(9-7-17)14(20)12-23-15(21)19-5-3-4-13(11-19)10-16-22-2/h4,10H,3,5-9,11-12H2,1-2H3. The van der Waals surface area contributed by atoms with Gasteiger partial charge >= 0.3 is 6.09 Å². The third kappa shape index (κ3) is 5.24. The maximum Gasteiger partial charge on any atom is 0.410 e. The molecule has 0 spiro atoms. The van der Waals surface area contributed by atoms with Crippen LogP contribution in [0.15, 0.2) is 16.8 Å². The maximum absolute atomic E-state index is 12.1. The van der Waals surface area contributed by atoms with Gasteiger partial charge in [-0.05, 0) is 19.0 Å². The van der Waals surface area contributed by atoms with E-state index >= 15 is 0 Å². The van der Waals surface area contributed by atoms with Gasteiger partial charge in [0.2, 0.25) is 0 Å². The smallest absolute Gasteiger partial charge is 0.410 e. The highest BCUT2D eigenvalue weighted by Crippen LogP contribution is 2.10. The van der Waals surface area contributed by atoms with E-state index in [0.717, 1.165) is 25.1 Å². The van der Waals surface area contributed by atoms with Crippen molar-refractivity contribution in [2.75, 3.05) is 60.0 Å². The summed E-state index contributed by atoms with van der Waals surface area (Å²) in [6.07, 6.45) is 3.84. The Labute approximate surface area is 136 Å². The van der Waals surface area contributed by atoms with Gasteiger partial charge in [0.15, 0.2) is 6.61 Å². The molecule has 0 atom stereocenters. The topological polar surface area (TPSA) is 74.7 Å². The van der Waals surface area contributed by atoms with Gasteiger partial charge in [-0.2, -0.15) is 0 Å². The Kier molecular flexibility index (Phi) is 6.40. The van der Waals surface area contributed by atoms with Crippen LogP contribution in [0.4, 0.5) is 4.79 Å². The summed E-state index contributed by atoms with van der Waals surface area (Å²) in [5.41, 5.74) is 0.889. The lowest BCUT2D eigenvalue weighted by Crippen LogP contribution is -2.48. The molecule has 0 bridgehead atoms. The molecule has 0 aromatic rings. The minimum Gasteiger partial charge on any atom is -0.439 e. The minimum absolute atomic E-state index is 0.139. The summed E-state index contributed by atoms with van der Waals surface area (Å²) >= 11 is 0. The van der Waals surface area contributed by atoms with Crippen molar-refractivity contribution >= 4 is 18.2 Å². The molecule has 2 aliphatic rings. The van der Waals surface area contributed by atoms with Crippen LogP contribution in [0.1, 0.15) is 6.42 Å². The summed E-state index contributed by atoms with van der Waals surface area (Å²) in [5, 5.41) is 3.69. The molecular formula is C15H24N4O4. The molecular weight excluding hydrogens is 300 g/mol. The van der Waals surface area contributed by atoms with Gasteiger partial charge in [-0.25, -0.2) is 4.79 Å². The fraction of sp³-hybridized carbons (Fsp3) is 0.667. The molecule has 128 valence electrons. The van der Waals surface area contributed by atoms with E-state index in [1.54, 1.807) is 16.0 Å². The molecule has 2 heterocycles. The summed E-state index contributed by atoms with van der Waals surface area (Å²) in [5.74, 6) is -0.139. The lowest BCUT2D eigenvalue weighted by Gasteiger charge is -2.32. The zero-order chi connectivity index (χ0) is 16.7. The highest BCUT2D eigenvalue weighted by molar-refractivity contribution is 5.82. The average Bonchev–Trinajstić information content (AvgIpc) is 2.58. The first-order chi connectivity index (χ1) is 11.1. The Morgan fingerprint density at radius 1 is 1.22 bits per heavy atom. The first-order valence-electron chi connectivity index (χ1n) is 7.73. The van der Waals surface area contributed by atoms with Crippen LogP contribution in [-0.2, 0) is 14.4 Å². The summed E-state index contributed by atoms with van der Waals surface area (Å²) < 4.78 is 5.16. The third-order valence-electron chi connectivity index (χ3n) is 3.94. The second kappa shape index (κ2) is 8.52. The molecule has 1 fully saturated rings. The molecule has 0 radical (unpaired) electrons. The zero-order valence-corrected chi connectivity index (χ0v) is 13.7. The number of hydrogen-bond donors (Lipinski definition) is 0. The van der Waals surface area contributed by atoms with Crippen LogP contribution in [-0.4, -0.2) is 92.9 Å². The number of piperazine rings is 1. The first kappa shape index (κ1) is 17.3. The first-order valence-corrected chi connectivity index (χ1v) is 7.73. The van der Waals surface area contributed by atoms with Crippen molar-refractivity contribution in [3.63, 3.8) is 0 Å². The van der Waals surface area contributed by atoms with E-state index in [-0.39, 0.29) is 12.5 Å². The number of oxime groups is 1. The monoisotopic (exact) mass is 324 g/mol. The van der Waals surface area contributed by atoms with Crippen LogP contribution in [0.3, 0.4) is 0 Å². The van der Waals surface area contributed by atoms with E-state index in [1.165, 1.54) is 7.11 Å². The van der Waals surface area contributed by atoms with Crippen LogP contribution in [0.25, 0.3) is 0 Å². The molecule has 0 saturated carbocycles. The predicted octanol–water partition coefficient (Wildman–Crippen LogP) is 0.161. The number of carbonyl (C=O) groups excluding carboxylic acids is 2. The molecule has 2 rings (SSSR count). The molecule has 8 heteroatoms. The van der Waals surface area contributed by atoms with Crippen LogP contribution >= 0.6 is 0 Å². The molecule has 2 aliphatic heterocycles. The summed E-state index contributed by atoms with van der Waals surface area (Å²) in [6.45, 7) is 3.83. The summed E-state index contributed by atoms with van der Waals surface area (Å²) in [4.78, 5) is 34.2. The number of ether oxygens (including phenoxy) is 1. The zero-order valence-electron chi connectivity index (χ0n) is 13.7. The number of amides is 2. The van der Waals surface area contributed by atoms with Crippen molar-refractivity contribution in [1.82, 2.24) is 14.7 Å². The van der Waals surface area contributed by atoms with E-state index in [9.17, 15) is 9.59 Å². The molecule has 1 saturated heterocycles. The van der Waals surface area contributed by atoms with Crippen LogP contribution < -0.4 is 0 Å². The Hall–Kier alpha value is -2.09. The molecule has 0 aliphatic carbocycles.